The summed E-state index contributed by atoms with van der Waals surface area (Å²) in [7, 11) is 2.06. The van der Waals surface area contributed by atoms with Crippen molar-refractivity contribution < 1.29 is 4.39 Å². The third-order valence-electron chi connectivity index (χ3n) is 3.10. The maximum atomic E-state index is 14.1. The number of nitrogens with two attached hydrogens (primary N) is 1. The number of hydrogen-bond acceptors (Lipinski definition) is 3. The summed E-state index contributed by atoms with van der Waals surface area (Å²) in [5.41, 5.74) is 6.54. The van der Waals surface area contributed by atoms with E-state index in [0.29, 0.717) is 15.7 Å². The molecule has 1 aromatic carbocycles. The molecule has 0 aliphatic carbocycles. The molecule has 0 bridgehead atoms. The van der Waals surface area contributed by atoms with Gasteiger partial charge >= 0.3 is 0 Å². The molecule has 0 saturated carbocycles. The average Bonchev–Trinajstić information content (AvgIpc) is 2.70. The minimum atomic E-state index is -0.338. The van der Waals surface area contributed by atoms with E-state index in [1.54, 1.807) is 12.1 Å². The van der Waals surface area contributed by atoms with E-state index in [9.17, 15) is 4.39 Å². The van der Waals surface area contributed by atoms with Gasteiger partial charge in [0.05, 0.1) is 10.2 Å². The Morgan fingerprint density at radius 3 is 2.89 bits per heavy atom. The molecule has 1 fully saturated rings. The molecule has 0 amide bonds. The number of nitrogens with zero attached hydrogens (tertiary/aromatic N) is 1. The number of hydrogen-bond donors (Lipinski definition) is 2. The molecule has 98 valence electrons. The third-order valence-corrected chi connectivity index (χ3v) is 4.09. The summed E-state index contributed by atoms with van der Waals surface area (Å²) >= 11 is 8.07. The zero-order chi connectivity index (χ0) is 13.3. The van der Waals surface area contributed by atoms with Gasteiger partial charge in [0.1, 0.15) is 4.99 Å². The van der Waals surface area contributed by atoms with E-state index in [4.69, 9.17) is 18.0 Å². The molecule has 0 aromatic heterocycles. The first-order valence-corrected chi connectivity index (χ1v) is 6.92. The summed E-state index contributed by atoms with van der Waals surface area (Å²) in [4.78, 5) is 2.40. The van der Waals surface area contributed by atoms with E-state index in [1.165, 1.54) is 0 Å². The van der Waals surface area contributed by atoms with Crippen molar-refractivity contribution in [3.05, 3.63) is 28.0 Å². The molecular weight excluding hydrogens is 317 g/mol. The Labute approximate surface area is 120 Å². The van der Waals surface area contributed by atoms with Crippen LogP contribution < -0.4 is 11.1 Å². The standard InChI is InChI=1S/C12H15BrFN3S/c1-17-5-4-7(6-17)16-9-3-2-8(12(15)18)10(13)11(9)14/h2-3,7,16H,4-6H2,1H3,(H2,15,18). The first-order valence-electron chi connectivity index (χ1n) is 5.72. The van der Waals surface area contributed by atoms with Gasteiger partial charge in [-0.05, 0) is 48.1 Å². The first kappa shape index (κ1) is 13.7. The van der Waals surface area contributed by atoms with E-state index in [1.807, 2.05) is 0 Å². The van der Waals surface area contributed by atoms with Crippen molar-refractivity contribution in [2.24, 2.45) is 5.73 Å². The van der Waals surface area contributed by atoms with Crippen LogP contribution in [0.15, 0.2) is 16.6 Å². The Hall–Kier alpha value is -0.720. The van der Waals surface area contributed by atoms with E-state index in [2.05, 4.69) is 33.2 Å². The zero-order valence-electron chi connectivity index (χ0n) is 10.0. The predicted octanol–water partition coefficient (Wildman–Crippen LogP) is 2.34. The number of thiocarbonyl (C=S) groups is 1. The van der Waals surface area contributed by atoms with Crippen molar-refractivity contribution in [2.45, 2.75) is 12.5 Å². The van der Waals surface area contributed by atoms with Gasteiger partial charge in [0.2, 0.25) is 0 Å². The number of likely N-dealkylation sites (tertiary alicyclic amines) is 1. The molecule has 1 aliphatic rings. The summed E-state index contributed by atoms with van der Waals surface area (Å²) in [6.07, 6.45) is 1.02. The molecule has 3 N–H and O–H groups in total. The van der Waals surface area contributed by atoms with E-state index in [0.717, 1.165) is 19.5 Å². The molecule has 1 unspecified atom stereocenters. The zero-order valence-corrected chi connectivity index (χ0v) is 12.4. The van der Waals surface area contributed by atoms with Crippen LogP contribution in [-0.2, 0) is 0 Å². The molecule has 6 heteroatoms. The highest BCUT2D eigenvalue weighted by atomic mass is 79.9. The summed E-state index contributed by atoms with van der Waals surface area (Å²) in [5, 5.41) is 3.22. The third kappa shape index (κ3) is 2.81. The van der Waals surface area contributed by atoms with Crippen molar-refractivity contribution >= 4 is 38.8 Å². The highest BCUT2D eigenvalue weighted by molar-refractivity contribution is 9.10. The number of nitrogens with one attached hydrogen (secondary N) is 1. The Morgan fingerprint density at radius 1 is 1.61 bits per heavy atom. The van der Waals surface area contributed by atoms with Crippen molar-refractivity contribution in [1.82, 2.24) is 4.90 Å². The SMILES string of the molecule is CN1CCC(Nc2ccc(C(N)=S)c(Br)c2F)C1. The van der Waals surface area contributed by atoms with Gasteiger partial charge in [-0.3, -0.25) is 0 Å². The van der Waals surface area contributed by atoms with Crippen molar-refractivity contribution in [3.63, 3.8) is 0 Å². The minimum absolute atomic E-state index is 0.188. The van der Waals surface area contributed by atoms with Crippen LogP contribution in [-0.4, -0.2) is 36.1 Å². The van der Waals surface area contributed by atoms with Gasteiger partial charge in [-0.1, -0.05) is 12.2 Å². The van der Waals surface area contributed by atoms with Gasteiger partial charge in [-0.15, -0.1) is 0 Å². The van der Waals surface area contributed by atoms with Gasteiger partial charge < -0.3 is 16.0 Å². The molecule has 1 saturated heterocycles. The van der Waals surface area contributed by atoms with Gasteiger partial charge in [0, 0.05) is 18.2 Å². The Balaban J connectivity index is 2.19. The summed E-state index contributed by atoms with van der Waals surface area (Å²) in [5.74, 6) is -0.338. The molecule has 2 rings (SSSR count). The fourth-order valence-corrected chi connectivity index (χ4v) is 2.98. The van der Waals surface area contributed by atoms with E-state index >= 15 is 0 Å². The smallest absolute Gasteiger partial charge is 0.161 e. The average molecular weight is 332 g/mol. The monoisotopic (exact) mass is 331 g/mol. The van der Waals surface area contributed by atoms with Crippen LogP contribution in [0.4, 0.5) is 10.1 Å². The Bertz CT molecular complexity index is 481. The van der Waals surface area contributed by atoms with Gasteiger partial charge in [-0.25, -0.2) is 4.39 Å². The molecule has 1 atom stereocenters. The van der Waals surface area contributed by atoms with Crippen molar-refractivity contribution in [3.8, 4) is 0 Å². The molecule has 1 heterocycles. The maximum Gasteiger partial charge on any atom is 0.161 e. The van der Waals surface area contributed by atoms with Crippen molar-refractivity contribution in [1.29, 1.82) is 0 Å². The minimum Gasteiger partial charge on any atom is -0.389 e. The van der Waals surface area contributed by atoms with Crippen LogP contribution in [0.1, 0.15) is 12.0 Å². The molecule has 1 aromatic rings. The fourth-order valence-electron chi connectivity index (χ4n) is 2.12. The van der Waals surface area contributed by atoms with Crippen LogP contribution >= 0.6 is 28.1 Å². The first-order chi connectivity index (χ1) is 8.49. The van der Waals surface area contributed by atoms with Crippen LogP contribution in [0.25, 0.3) is 0 Å². The quantitative estimate of drug-likeness (QED) is 0.834. The number of halogens is 2. The van der Waals surface area contributed by atoms with Crippen molar-refractivity contribution in [2.75, 3.05) is 25.5 Å². The molecular formula is C12H15BrFN3S. The Kier molecular flexibility index (Phi) is 4.19. The number of benzene rings is 1. The molecule has 0 radical (unpaired) electrons. The molecule has 1 aliphatic heterocycles. The largest absolute Gasteiger partial charge is 0.389 e. The highest BCUT2D eigenvalue weighted by Gasteiger charge is 2.21. The van der Waals surface area contributed by atoms with Crippen LogP contribution in [0.3, 0.4) is 0 Å². The summed E-state index contributed by atoms with van der Waals surface area (Å²) < 4.78 is 14.5. The predicted molar refractivity (Wildman–Crippen MR) is 79.5 cm³/mol. The second-order valence-electron chi connectivity index (χ2n) is 4.55. The maximum absolute atomic E-state index is 14.1. The summed E-state index contributed by atoms with van der Waals surface area (Å²) in [6.45, 7) is 1.96. The lowest BCUT2D eigenvalue weighted by atomic mass is 10.1. The van der Waals surface area contributed by atoms with E-state index in [-0.39, 0.29) is 16.8 Å². The Morgan fingerprint density at radius 2 is 2.33 bits per heavy atom. The van der Waals surface area contributed by atoms with Gasteiger partial charge in [-0.2, -0.15) is 0 Å². The number of anilines is 1. The number of likely N-dealkylation sites (N-methyl/N-ethyl adjacent to an activating group) is 1. The van der Waals surface area contributed by atoms with Crippen LogP contribution in [0.5, 0.6) is 0 Å². The van der Waals surface area contributed by atoms with E-state index < -0.39 is 0 Å². The second kappa shape index (κ2) is 5.50. The lowest BCUT2D eigenvalue weighted by molar-refractivity contribution is 0.414. The van der Waals surface area contributed by atoms with Gasteiger partial charge in [0.15, 0.2) is 5.82 Å². The van der Waals surface area contributed by atoms with Gasteiger partial charge in [0.25, 0.3) is 0 Å². The fraction of sp³-hybridized carbons (Fsp3) is 0.417. The lowest BCUT2D eigenvalue weighted by Gasteiger charge is -2.16. The topological polar surface area (TPSA) is 41.3 Å². The van der Waals surface area contributed by atoms with Crippen LogP contribution in [0, 0.1) is 5.82 Å². The molecule has 18 heavy (non-hydrogen) atoms. The highest BCUT2D eigenvalue weighted by Crippen LogP contribution is 2.28. The molecule has 3 nitrogen and oxygen atoms in total. The second-order valence-corrected chi connectivity index (χ2v) is 5.78. The normalized spacial score (nSPS) is 20.1. The number of rotatable bonds is 3. The lowest BCUT2D eigenvalue weighted by Crippen LogP contribution is -2.24. The van der Waals surface area contributed by atoms with Crippen LogP contribution in [0.2, 0.25) is 0 Å². The molecule has 0 spiro atoms. The summed E-state index contributed by atoms with van der Waals surface area (Å²) in [6, 6.07) is 3.70.